The minimum atomic E-state index is -6.00. The van der Waals surface area contributed by atoms with Crippen molar-refractivity contribution >= 4 is 11.9 Å². The number of likely N-dealkylation sites (tertiary alicyclic amines) is 2. The molecule has 0 amide bonds. The maximum absolute atomic E-state index is 15.1. The van der Waals surface area contributed by atoms with Crippen LogP contribution < -0.4 is 9.47 Å². The van der Waals surface area contributed by atoms with E-state index in [1.807, 2.05) is 37.5 Å². The first kappa shape index (κ1) is 46.0. The third-order valence-electron chi connectivity index (χ3n) is 12.1. The van der Waals surface area contributed by atoms with Gasteiger partial charge in [0, 0.05) is 37.6 Å². The van der Waals surface area contributed by atoms with Gasteiger partial charge in [-0.3, -0.25) is 0 Å². The summed E-state index contributed by atoms with van der Waals surface area (Å²) in [6, 6.07) is 12.9. The lowest BCUT2D eigenvalue weighted by Crippen LogP contribution is -2.54. The van der Waals surface area contributed by atoms with E-state index in [0.717, 1.165) is 49.9 Å². The topological polar surface area (TPSA) is 154 Å². The maximum atomic E-state index is 15.1. The number of hydrogen-bond donors (Lipinski definition) is 0. The summed E-state index contributed by atoms with van der Waals surface area (Å²) in [5, 5.41) is 40.5. The first-order valence-corrected chi connectivity index (χ1v) is 20.4. The van der Waals surface area contributed by atoms with Crippen molar-refractivity contribution in [3.8, 4) is 35.8 Å². The van der Waals surface area contributed by atoms with E-state index >= 15 is 26.3 Å². The van der Waals surface area contributed by atoms with Gasteiger partial charge in [0.05, 0.1) is 11.1 Å². The minimum absolute atomic E-state index is 0.149. The number of nitrogens with zero attached hydrogens (tertiary/aromatic N) is 6. The molecule has 0 bridgehead atoms. The van der Waals surface area contributed by atoms with Gasteiger partial charge in [-0.05, 0) is 109 Å². The van der Waals surface area contributed by atoms with Crippen molar-refractivity contribution in [3.05, 3.63) is 104 Å². The normalized spacial score (nSPS) is 20.6. The number of esters is 2. The number of ether oxygens (including phenoxy) is 2. The minimum Gasteiger partial charge on any atom is -0.422 e. The SMILES string of the molecule is CC1(C)CC(N2CCCC2)=C(C#N)/C(=C(\C#N)C(=O)Oc2ccc(C(c3ccc(OC(=O)/C(C#N)=C4\CC(C)(C)CC(N5CCCC5)=C4C#N)cc3)(C(F)(F)F)C(F)(F)F)cc2)C1. The number of rotatable bonds is 8. The molecule has 10 nitrogen and oxygen atoms in total. The van der Waals surface area contributed by atoms with Gasteiger partial charge < -0.3 is 19.3 Å². The van der Waals surface area contributed by atoms with Crippen molar-refractivity contribution in [1.29, 1.82) is 21.0 Å². The average Bonchev–Trinajstić information content (AvgIpc) is 3.94. The van der Waals surface area contributed by atoms with Crippen LogP contribution in [0.25, 0.3) is 0 Å². The van der Waals surface area contributed by atoms with E-state index in [1.165, 1.54) is 0 Å². The van der Waals surface area contributed by atoms with Crippen molar-refractivity contribution < 1.29 is 45.4 Å². The smallest absolute Gasteiger partial charge is 0.411 e. The Hall–Kier alpha value is -6.52. The number of halogens is 6. The Bertz CT molecular complexity index is 2300. The predicted molar refractivity (Wildman–Crippen MR) is 215 cm³/mol. The Kier molecular flexibility index (Phi) is 12.7. The molecular weight excluding hydrogens is 827 g/mol. The lowest BCUT2D eigenvalue weighted by Gasteiger charge is -2.38. The molecule has 0 radical (unpaired) electrons. The van der Waals surface area contributed by atoms with E-state index in [0.29, 0.717) is 74.7 Å². The van der Waals surface area contributed by atoms with E-state index in [1.54, 1.807) is 12.1 Å². The van der Waals surface area contributed by atoms with Crippen LogP contribution in [0.4, 0.5) is 26.3 Å². The fourth-order valence-electron chi connectivity index (χ4n) is 9.21. The zero-order valence-electron chi connectivity index (χ0n) is 35.2. The van der Waals surface area contributed by atoms with Gasteiger partial charge in [0.2, 0.25) is 5.41 Å². The summed E-state index contributed by atoms with van der Waals surface area (Å²) in [5.41, 5.74) is -7.13. The summed E-state index contributed by atoms with van der Waals surface area (Å²) in [6.07, 6.45) is -7.03. The second-order valence-corrected chi connectivity index (χ2v) is 17.8. The Balaban J connectivity index is 1.31. The molecule has 2 aliphatic heterocycles. The molecule has 4 aliphatic rings. The zero-order chi connectivity index (χ0) is 46.1. The molecule has 0 spiro atoms. The third-order valence-corrected chi connectivity index (χ3v) is 12.1. The van der Waals surface area contributed by atoms with Gasteiger partial charge in [-0.25, -0.2) is 9.59 Å². The van der Waals surface area contributed by atoms with Crippen LogP contribution in [0.15, 0.2) is 93.4 Å². The molecule has 2 heterocycles. The molecule has 16 heteroatoms. The largest absolute Gasteiger partial charge is 0.422 e. The van der Waals surface area contributed by atoms with Crippen molar-refractivity contribution in [3.63, 3.8) is 0 Å². The molecule has 2 saturated heterocycles. The number of nitriles is 4. The van der Waals surface area contributed by atoms with E-state index < -0.39 is 74.3 Å². The number of alkyl halides is 6. The molecule has 2 aromatic rings. The molecule has 63 heavy (non-hydrogen) atoms. The van der Waals surface area contributed by atoms with Crippen LogP contribution >= 0.6 is 0 Å². The highest BCUT2D eigenvalue weighted by molar-refractivity contribution is 5.97. The summed E-state index contributed by atoms with van der Waals surface area (Å²) < 4.78 is 101. The van der Waals surface area contributed by atoms with E-state index in [-0.39, 0.29) is 35.1 Å². The highest BCUT2D eigenvalue weighted by Gasteiger charge is 2.72. The summed E-state index contributed by atoms with van der Waals surface area (Å²) in [5.74, 6) is -3.38. The molecule has 2 aliphatic carbocycles. The number of hydrogen-bond acceptors (Lipinski definition) is 10. The van der Waals surface area contributed by atoms with Gasteiger partial charge in [-0.15, -0.1) is 0 Å². The fourth-order valence-corrected chi connectivity index (χ4v) is 9.21. The van der Waals surface area contributed by atoms with Gasteiger partial charge in [-0.1, -0.05) is 52.0 Å². The lowest BCUT2D eigenvalue weighted by atomic mass is 9.72. The van der Waals surface area contributed by atoms with Crippen molar-refractivity contribution in [2.24, 2.45) is 10.8 Å². The standard InChI is InChI=1S/C47H44F6N6O4/c1-43(2)21-33(35(25-54)39(23-43)58-17-5-6-18-58)37(27-56)41(60)62-31-13-9-29(10-14-31)45(46(48,49)50,47(51,52)53)30-11-15-32(16-12-30)63-42(61)38(28-57)34-22-44(3,4)24-40(36(34)26-55)59-19-7-8-20-59/h9-16H,5-8,17-24H2,1-4H3/b37-33+,38-34+. The van der Waals surface area contributed by atoms with Gasteiger partial charge in [0.15, 0.2) is 0 Å². The molecule has 0 unspecified atom stereocenters. The molecule has 6 rings (SSSR count). The summed E-state index contributed by atoms with van der Waals surface area (Å²) >= 11 is 0. The lowest BCUT2D eigenvalue weighted by molar-refractivity contribution is -0.288. The number of allylic oxidation sites excluding steroid dienone is 6. The molecular formula is C47H44F6N6O4. The second-order valence-electron chi connectivity index (χ2n) is 17.8. The van der Waals surface area contributed by atoms with Gasteiger partial charge in [0.1, 0.15) is 46.9 Å². The summed E-state index contributed by atoms with van der Waals surface area (Å²) in [4.78, 5) is 31.0. The Labute approximate surface area is 361 Å². The zero-order valence-corrected chi connectivity index (χ0v) is 35.2. The Morgan fingerprint density at radius 1 is 0.556 bits per heavy atom. The highest BCUT2D eigenvalue weighted by atomic mass is 19.4. The second kappa shape index (κ2) is 17.3. The van der Waals surface area contributed by atoms with E-state index in [9.17, 15) is 30.6 Å². The first-order valence-electron chi connectivity index (χ1n) is 20.4. The van der Waals surface area contributed by atoms with Crippen LogP contribution in [0.2, 0.25) is 0 Å². The van der Waals surface area contributed by atoms with Crippen LogP contribution in [0.1, 0.15) is 90.2 Å². The summed E-state index contributed by atoms with van der Waals surface area (Å²) in [7, 11) is 0. The molecule has 0 saturated carbocycles. The monoisotopic (exact) mass is 870 g/mol. The highest BCUT2D eigenvalue weighted by Crippen LogP contribution is 2.56. The van der Waals surface area contributed by atoms with Crippen LogP contribution in [0, 0.1) is 56.2 Å². The van der Waals surface area contributed by atoms with E-state index in [4.69, 9.17) is 9.47 Å². The van der Waals surface area contributed by atoms with Gasteiger partial charge >= 0.3 is 24.3 Å². The Morgan fingerprint density at radius 2 is 0.873 bits per heavy atom. The van der Waals surface area contributed by atoms with Crippen LogP contribution in [0.3, 0.4) is 0 Å². The fraction of sp³-hybridized carbons (Fsp3) is 0.447. The van der Waals surface area contributed by atoms with Crippen LogP contribution in [-0.2, 0) is 15.0 Å². The van der Waals surface area contributed by atoms with Crippen molar-refractivity contribution in [2.45, 2.75) is 96.8 Å². The third kappa shape index (κ3) is 8.91. The molecule has 0 atom stereocenters. The quantitative estimate of drug-likeness (QED) is 0.0823. The van der Waals surface area contributed by atoms with Crippen molar-refractivity contribution in [2.75, 3.05) is 26.2 Å². The predicted octanol–water partition coefficient (Wildman–Crippen LogP) is 9.94. The molecule has 2 aromatic carbocycles. The average molecular weight is 871 g/mol. The Morgan fingerprint density at radius 3 is 1.14 bits per heavy atom. The van der Waals surface area contributed by atoms with Crippen LogP contribution in [-0.4, -0.2) is 60.3 Å². The number of carbonyl (C=O) groups is 2. The van der Waals surface area contributed by atoms with Crippen molar-refractivity contribution in [1.82, 2.24) is 9.80 Å². The van der Waals surface area contributed by atoms with Crippen LogP contribution in [0.5, 0.6) is 11.5 Å². The van der Waals surface area contributed by atoms with Gasteiger partial charge in [-0.2, -0.15) is 47.4 Å². The molecule has 0 aromatic heterocycles. The number of carbonyl (C=O) groups excluding carboxylic acids is 2. The summed E-state index contributed by atoms with van der Waals surface area (Å²) in [6.45, 7) is 10.4. The van der Waals surface area contributed by atoms with E-state index in [2.05, 4.69) is 12.1 Å². The number of benzene rings is 2. The molecule has 328 valence electrons. The maximum Gasteiger partial charge on any atom is 0.411 e. The first-order chi connectivity index (χ1) is 29.6. The molecule has 0 N–H and O–H groups in total. The molecule has 2 fully saturated rings. The van der Waals surface area contributed by atoms with Gasteiger partial charge in [0.25, 0.3) is 0 Å².